The fourth-order valence-electron chi connectivity index (χ4n) is 2.69. The Balaban J connectivity index is 2.44. The number of nitrogens with two attached hydrogens (primary N) is 1. The van der Waals surface area contributed by atoms with Crippen LogP contribution in [0.1, 0.15) is 32.3 Å². The molecule has 0 aliphatic carbocycles. The molecule has 19 heavy (non-hydrogen) atoms. The molecule has 0 radical (unpaired) electrons. The van der Waals surface area contributed by atoms with E-state index < -0.39 is 0 Å². The number of benzene rings is 1. The van der Waals surface area contributed by atoms with E-state index in [4.69, 9.17) is 10.9 Å². The number of nitrogens with zero attached hydrogens (tertiary/aromatic N) is 2. The zero-order valence-corrected chi connectivity index (χ0v) is 12.9. The number of anilines is 1. The highest BCUT2D eigenvalue weighted by Crippen LogP contribution is 2.32. The Bertz CT molecular complexity index is 490. The molecule has 1 aromatic rings. The van der Waals surface area contributed by atoms with Gasteiger partial charge >= 0.3 is 0 Å². The fraction of sp³-hybridized carbons (Fsp3) is 0.500. The average molecular weight is 326 g/mol. The van der Waals surface area contributed by atoms with Crippen LogP contribution in [0.15, 0.2) is 27.8 Å². The standard InChI is InChI=1S/C14H20BrN3O/c1-9-4-3-7-18(10(9)2)13-6-5-11(15)8-12(13)14(16)17-19/h5-6,8-10,19H,3-4,7H2,1-2H3,(H2,16,17). The van der Waals surface area contributed by atoms with Crippen LogP contribution in [0.4, 0.5) is 5.69 Å². The molecule has 1 saturated heterocycles. The number of halogens is 1. The fourth-order valence-corrected chi connectivity index (χ4v) is 3.05. The van der Waals surface area contributed by atoms with Gasteiger partial charge in [0.15, 0.2) is 5.84 Å². The molecule has 2 rings (SSSR count). The molecule has 0 spiro atoms. The predicted octanol–water partition coefficient (Wildman–Crippen LogP) is 3.17. The quantitative estimate of drug-likeness (QED) is 0.380. The summed E-state index contributed by atoms with van der Waals surface area (Å²) in [5.74, 6) is 0.805. The van der Waals surface area contributed by atoms with Crippen molar-refractivity contribution in [2.24, 2.45) is 16.8 Å². The lowest BCUT2D eigenvalue weighted by molar-refractivity contribution is 0.318. The van der Waals surface area contributed by atoms with E-state index in [1.54, 1.807) is 0 Å². The normalized spacial score (nSPS) is 24.6. The van der Waals surface area contributed by atoms with Crippen LogP contribution in [-0.2, 0) is 0 Å². The molecule has 0 bridgehead atoms. The maximum Gasteiger partial charge on any atom is 0.172 e. The van der Waals surface area contributed by atoms with Crippen LogP contribution in [0.2, 0.25) is 0 Å². The Morgan fingerprint density at radius 1 is 1.47 bits per heavy atom. The molecule has 1 heterocycles. The van der Waals surface area contributed by atoms with Gasteiger partial charge in [0.2, 0.25) is 0 Å². The minimum atomic E-state index is 0.154. The monoisotopic (exact) mass is 325 g/mol. The van der Waals surface area contributed by atoms with E-state index in [2.05, 4.69) is 39.8 Å². The van der Waals surface area contributed by atoms with E-state index in [1.807, 2.05) is 18.2 Å². The van der Waals surface area contributed by atoms with Gasteiger partial charge in [-0.15, -0.1) is 0 Å². The number of amidine groups is 1. The number of rotatable bonds is 2. The summed E-state index contributed by atoms with van der Waals surface area (Å²) in [6, 6.07) is 6.39. The summed E-state index contributed by atoms with van der Waals surface area (Å²) in [6.45, 7) is 5.53. The third-order valence-corrected chi connectivity index (χ3v) is 4.52. The second kappa shape index (κ2) is 5.82. The topological polar surface area (TPSA) is 61.8 Å². The number of hydrogen-bond donors (Lipinski definition) is 2. The Kier molecular flexibility index (Phi) is 4.34. The first kappa shape index (κ1) is 14.2. The Morgan fingerprint density at radius 2 is 2.21 bits per heavy atom. The van der Waals surface area contributed by atoms with E-state index >= 15 is 0 Å². The lowest BCUT2D eigenvalue weighted by atomic mass is 9.91. The first-order chi connectivity index (χ1) is 9.04. The van der Waals surface area contributed by atoms with Gasteiger partial charge in [-0.05, 0) is 43.9 Å². The van der Waals surface area contributed by atoms with Crippen molar-refractivity contribution in [3.05, 3.63) is 28.2 Å². The van der Waals surface area contributed by atoms with Crippen LogP contribution < -0.4 is 10.6 Å². The highest BCUT2D eigenvalue weighted by atomic mass is 79.9. The van der Waals surface area contributed by atoms with E-state index in [0.29, 0.717) is 12.0 Å². The van der Waals surface area contributed by atoms with Gasteiger partial charge in [-0.25, -0.2) is 0 Å². The lowest BCUT2D eigenvalue weighted by Gasteiger charge is -2.40. The predicted molar refractivity (Wildman–Crippen MR) is 81.9 cm³/mol. The first-order valence-corrected chi connectivity index (χ1v) is 7.38. The number of oxime groups is 1. The zero-order valence-electron chi connectivity index (χ0n) is 11.3. The summed E-state index contributed by atoms with van der Waals surface area (Å²) in [5, 5.41) is 12.1. The van der Waals surface area contributed by atoms with Gasteiger partial charge < -0.3 is 15.8 Å². The van der Waals surface area contributed by atoms with Crippen LogP contribution >= 0.6 is 15.9 Å². The van der Waals surface area contributed by atoms with E-state index in [0.717, 1.165) is 22.3 Å². The molecule has 4 nitrogen and oxygen atoms in total. The second-order valence-corrected chi connectivity index (χ2v) is 6.12. The van der Waals surface area contributed by atoms with Crippen LogP contribution in [0.5, 0.6) is 0 Å². The molecule has 0 saturated carbocycles. The third kappa shape index (κ3) is 2.86. The Morgan fingerprint density at radius 3 is 2.89 bits per heavy atom. The average Bonchev–Trinajstić information content (AvgIpc) is 2.41. The number of piperidine rings is 1. The molecule has 104 valence electrons. The molecule has 0 aromatic heterocycles. The van der Waals surface area contributed by atoms with Crippen molar-refractivity contribution in [2.45, 2.75) is 32.7 Å². The Labute approximate surface area is 122 Å². The maximum atomic E-state index is 8.95. The smallest absolute Gasteiger partial charge is 0.172 e. The van der Waals surface area contributed by atoms with Gasteiger partial charge in [-0.1, -0.05) is 28.0 Å². The molecule has 1 aromatic carbocycles. The highest BCUT2D eigenvalue weighted by Gasteiger charge is 2.27. The summed E-state index contributed by atoms with van der Waals surface area (Å²) in [6.07, 6.45) is 2.43. The zero-order chi connectivity index (χ0) is 14.0. The van der Waals surface area contributed by atoms with Crippen LogP contribution in [-0.4, -0.2) is 23.6 Å². The summed E-state index contributed by atoms with van der Waals surface area (Å²) < 4.78 is 0.926. The number of hydrogen-bond acceptors (Lipinski definition) is 3. The summed E-state index contributed by atoms with van der Waals surface area (Å²) in [7, 11) is 0. The third-order valence-electron chi connectivity index (χ3n) is 4.03. The minimum absolute atomic E-state index is 0.154. The van der Waals surface area contributed by atoms with Gasteiger partial charge in [0.25, 0.3) is 0 Å². The van der Waals surface area contributed by atoms with Crippen molar-refractivity contribution < 1.29 is 5.21 Å². The van der Waals surface area contributed by atoms with Gasteiger partial charge in [-0.3, -0.25) is 0 Å². The molecule has 0 amide bonds. The first-order valence-electron chi connectivity index (χ1n) is 6.58. The maximum absolute atomic E-state index is 8.95. The van der Waals surface area contributed by atoms with Crippen LogP contribution in [0, 0.1) is 5.92 Å². The SMILES string of the molecule is CC1CCCN(c2ccc(Br)cc2/C(N)=N/O)C1C. The van der Waals surface area contributed by atoms with Crippen molar-refractivity contribution in [2.75, 3.05) is 11.4 Å². The van der Waals surface area contributed by atoms with E-state index in [9.17, 15) is 0 Å². The molecule has 2 unspecified atom stereocenters. The van der Waals surface area contributed by atoms with Gasteiger partial charge in [0.1, 0.15) is 0 Å². The van der Waals surface area contributed by atoms with Gasteiger partial charge in [0, 0.05) is 28.3 Å². The van der Waals surface area contributed by atoms with Crippen molar-refractivity contribution in [3.8, 4) is 0 Å². The van der Waals surface area contributed by atoms with Crippen LogP contribution in [0.3, 0.4) is 0 Å². The van der Waals surface area contributed by atoms with Crippen molar-refractivity contribution >= 4 is 27.5 Å². The second-order valence-electron chi connectivity index (χ2n) is 5.20. The molecule has 3 N–H and O–H groups in total. The summed E-state index contributed by atoms with van der Waals surface area (Å²) in [5.41, 5.74) is 7.62. The molecular weight excluding hydrogens is 306 g/mol. The van der Waals surface area contributed by atoms with Crippen molar-refractivity contribution in [3.63, 3.8) is 0 Å². The highest BCUT2D eigenvalue weighted by molar-refractivity contribution is 9.10. The van der Waals surface area contributed by atoms with Gasteiger partial charge in [0.05, 0.1) is 0 Å². The molecule has 1 fully saturated rings. The summed E-state index contributed by atoms with van der Waals surface area (Å²) >= 11 is 3.43. The van der Waals surface area contributed by atoms with Crippen LogP contribution in [0.25, 0.3) is 0 Å². The molecule has 1 aliphatic heterocycles. The summed E-state index contributed by atoms with van der Waals surface area (Å²) in [4.78, 5) is 2.36. The molecule has 2 atom stereocenters. The van der Waals surface area contributed by atoms with Gasteiger partial charge in [-0.2, -0.15) is 0 Å². The van der Waals surface area contributed by atoms with E-state index in [1.165, 1.54) is 12.8 Å². The minimum Gasteiger partial charge on any atom is -0.409 e. The van der Waals surface area contributed by atoms with Crippen molar-refractivity contribution in [1.82, 2.24) is 0 Å². The molecule has 1 aliphatic rings. The molecular formula is C14H20BrN3O. The van der Waals surface area contributed by atoms with E-state index in [-0.39, 0.29) is 5.84 Å². The van der Waals surface area contributed by atoms with Crippen molar-refractivity contribution in [1.29, 1.82) is 0 Å². The largest absolute Gasteiger partial charge is 0.409 e. The Hall–Kier alpha value is -1.23. The lowest BCUT2D eigenvalue weighted by Crippen LogP contribution is -2.43. The molecule has 5 heteroatoms.